The van der Waals surface area contributed by atoms with E-state index in [1.165, 1.54) is 4.90 Å². The number of benzene rings is 5. The van der Waals surface area contributed by atoms with E-state index in [-0.39, 0.29) is 11.8 Å². The summed E-state index contributed by atoms with van der Waals surface area (Å²) in [6, 6.07) is 43.6. The Labute approximate surface area is 276 Å². The molecule has 0 fully saturated rings. The van der Waals surface area contributed by atoms with Gasteiger partial charge in [0.2, 0.25) is 0 Å². The SMILES string of the molecule is O=C1c2cccc(-n3c4c(-c5ccncc5)cccc4c4cccc(-c5ccncc5)c43)c2C(=O)N1c1cccc(-c2ccccc2)c1. The fourth-order valence-electron chi connectivity index (χ4n) is 7.03. The van der Waals surface area contributed by atoms with Crippen molar-refractivity contribution in [2.45, 2.75) is 0 Å². The second-order valence-corrected chi connectivity index (χ2v) is 11.8. The lowest BCUT2D eigenvalue weighted by molar-refractivity contribution is 0.0926. The summed E-state index contributed by atoms with van der Waals surface area (Å²) in [6.45, 7) is 0. The number of carbonyl (C=O) groups excluding carboxylic acids is 2. The number of para-hydroxylation sites is 2. The molecule has 0 N–H and O–H groups in total. The molecule has 9 rings (SSSR count). The predicted octanol–water partition coefficient (Wildman–Crippen LogP) is 9.38. The van der Waals surface area contributed by atoms with Crippen LogP contribution in [0.15, 0.2) is 158 Å². The van der Waals surface area contributed by atoms with E-state index in [0.717, 1.165) is 55.2 Å². The number of amides is 2. The van der Waals surface area contributed by atoms with E-state index in [2.05, 4.69) is 50.9 Å². The van der Waals surface area contributed by atoms with E-state index in [4.69, 9.17) is 0 Å². The summed E-state index contributed by atoms with van der Waals surface area (Å²) in [4.78, 5) is 38.6. The van der Waals surface area contributed by atoms with Crippen LogP contribution >= 0.6 is 0 Å². The molecular formula is C42H26N4O2. The standard InChI is InChI=1S/C42H26N4O2/c47-41-36-16-7-17-37(38(36)42(48)45(41)31-11-4-10-30(26-31)27-8-2-1-3-9-27)46-39-32(28-18-22-43-23-19-28)12-5-14-34(39)35-15-6-13-33(40(35)46)29-20-24-44-25-21-29/h1-26H. The quantitative estimate of drug-likeness (QED) is 0.180. The van der Waals surface area contributed by atoms with E-state index < -0.39 is 0 Å². The molecule has 6 nitrogen and oxygen atoms in total. The van der Waals surface area contributed by atoms with Gasteiger partial charge in [-0.2, -0.15) is 0 Å². The maximum atomic E-state index is 14.6. The van der Waals surface area contributed by atoms with Gasteiger partial charge < -0.3 is 4.57 Å². The Bertz CT molecular complexity index is 2440. The maximum absolute atomic E-state index is 14.6. The molecule has 0 radical (unpaired) electrons. The van der Waals surface area contributed by atoms with Gasteiger partial charge in [-0.15, -0.1) is 0 Å². The van der Waals surface area contributed by atoms with Crippen molar-refractivity contribution in [2.24, 2.45) is 0 Å². The molecule has 6 heteroatoms. The third-order valence-electron chi connectivity index (χ3n) is 9.14. The molecule has 2 amide bonds. The first-order valence-corrected chi connectivity index (χ1v) is 15.7. The van der Waals surface area contributed by atoms with Gasteiger partial charge in [0.25, 0.3) is 11.8 Å². The van der Waals surface area contributed by atoms with Gasteiger partial charge in [-0.25, -0.2) is 4.90 Å². The molecule has 0 bridgehead atoms. The number of hydrogen-bond donors (Lipinski definition) is 0. The van der Waals surface area contributed by atoms with Crippen LogP contribution in [0.1, 0.15) is 20.7 Å². The lowest BCUT2D eigenvalue weighted by Gasteiger charge is -2.17. The fraction of sp³-hybridized carbons (Fsp3) is 0. The highest BCUT2D eigenvalue weighted by atomic mass is 16.2. The van der Waals surface area contributed by atoms with Gasteiger partial charge >= 0.3 is 0 Å². The average Bonchev–Trinajstić information content (AvgIpc) is 3.63. The van der Waals surface area contributed by atoms with Crippen molar-refractivity contribution in [2.75, 3.05) is 4.90 Å². The number of nitrogens with zero attached hydrogens (tertiary/aromatic N) is 4. The largest absolute Gasteiger partial charge is 0.307 e. The molecule has 8 aromatic rings. The summed E-state index contributed by atoms with van der Waals surface area (Å²) >= 11 is 0. The highest BCUT2D eigenvalue weighted by molar-refractivity contribution is 6.36. The molecule has 1 aliphatic rings. The Morgan fingerprint density at radius 1 is 0.438 bits per heavy atom. The number of aromatic nitrogens is 3. The average molecular weight is 619 g/mol. The van der Waals surface area contributed by atoms with Gasteiger partial charge in [0.15, 0.2) is 0 Å². The Morgan fingerprint density at radius 2 is 0.979 bits per heavy atom. The Hall–Kier alpha value is -6.66. The van der Waals surface area contributed by atoms with Crippen molar-refractivity contribution in [1.29, 1.82) is 0 Å². The number of hydrogen-bond acceptors (Lipinski definition) is 4. The van der Waals surface area contributed by atoms with Crippen LogP contribution in [0.5, 0.6) is 0 Å². The third-order valence-corrected chi connectivity index (χ3v) is 9.14. The van der Waals surface area contributed by atoms with Crippen molar-refractivity contribution in [3.8, 4) is 39.1 Å². The topological polar surface area (TPSA) is 68.1 Å². The number of anilines is 1. The Morgan fingerprint density at radius 3 is 1.60 bits per heavy atom. The first kappa shape index (κ1) is 27.6. The summed E-state index contributed by atoms with van der Waals surface area (Å²) < 4.78 is 2.17. The third kappa shape index (κ3) is 4.20. The molecule has 3 aromatic heterocycles. The van der Waals surface area contributed by atoms with Crippen molar-refractivity contribution in [3.05, 3.63) is 169 Å². The molecule has 48 heavy (non-hydrogen) atoms. The lowest BCUT2D eigenvalue weighted by atomic mass is 10.0. The van der Waals surface area contributed by atoms with Gasteiger partial charge in [0, 0.05) is 46.7 Å². The molecule has 226 valence electrons. The monoisotopic (exact) mass is 618 g/mol. The lowest BCUT2D eigenvalue weighted by Crippen LogP contribution is -2.29. The minimum atomic E-state index is -0.353. The molecule has 5 aromatic carbocycles. The minimum Gasteiger partial charge on any atom is -0.307 e. The number of fused-ring (bicyclic) bond motifs is 4. The van der Waals surface area contributed by atoms with Crippen LogP contribution in [-0.2, 0) is 0 Å². The second kappa shape index (κ2) is 11.0. The van der Waals surface area contributed by atoms with E-state index >= 15 is 0 Å². The smallest absolute Gasteiger partial charge is 0.268 e. The van der Waals surface area contributed by atoms with Crippen molar-refractivity contribution in [1.82, 2.24) is 14.5 Å². The summed E-state index contributed by atoms with van der Waals surface area (Å²) in [7, 11) is 0. The number of imide groups is 1. The van der Waals surface area contributed by atoms with Crippen molar-refractivity contribution < 1.29 is 9.59 Å². The first-order chi connectivity index (χ1) is 23.7. The summed E-state index contributed by atoms with van der Waals surface area (Å²) in [5.41, 5.74) is 9.74. The zero-order chi connectivity index (χ0) is 32.2. The number of rotatable bonds is 5. The van der Waals surface area contributed by atoms with Crippen LogP contribution in [0, 0.1) is 0 Å². The molecule has 1 aliphatic heterocycles. The van der Waals surface area contributed by atoms with Crippen LogP contribution in [0.2, 0.25) is 0 Å². The first-order valence-electron chi connectivity index (χ1n) is 15.7. The van der Waals surface area contributed by atoms with Gasteiger partial charge in [-0.3, -0.25) is 19.6 Å². The molecule has 0 spiro atoms. The number of pyridine rings is 2. The fourth-order valence-corrected chi connectivity index (χ4v) is 7.03. The normalized spacial score (nSPS) is 12.6. The minimum absolute atomic E-state index is 0.341. The Kier molecular flexibility index (Phi) is 6.33. The molecule has 0 unspecified atom stereocenters. The molecule has 4 heterocycles. The van der Waals surface area contributed by atoms with E-state index in [0.29, 0.717) is 22.5 Å². The molecule has 0 atom stereocenters. The van der Waals surface area contributed by atoms with E-state index in [9.17, 15) is 9.59 Å². The van der Waals surface area contributed by atoms with Crippen LogP contribution in [0.4, 0.5) is 5.69 Å². The summed E-state index contributed by atoms with van der Waals surface area (Å²) in [6.07, 6.45) is 7.14. The number of carbonyl (C=O) groups is 2. The molecule has 0 aliphatic carbocycles. The van der Waals surface area contributed by atoms with Crippen molar-refractivity contribution >= 4 is 39.3 Å². The highest BCUT2D eigenvalue weighted by Crippen LogP contribution is 2.44. The van der Waals surface area contributed by atoms with Gasteiger partial charge in [0.05, 0.1) is 33.5 Å². The van der Waals surface area contributed by atoms with Crippen LogP contribution in [-0.4, -0.2) is 26.3 Å². The van der Waals surface area contributed by atoms with Gasteiger partial charge in [-0.05, 0) is 70.8 Å². The maximum Gasteiger partial charge on any atom is 0.268 e. The van der Waals surface area contributed by atoms with Gasteiger partial charge in [0.1, 0.15) is 0 Å². The highest BCUT2D eigenvalue weighted by Gasteiger charge is 2.39. The van der Waals surface area contributed by atoms with Crippen molar-refractivity contribution in [3.63, 3.8) is 0 Å². The summed E-state index contributed by atoms with van der Waals surface area (Å²) in [5, 5.41) is 2.08. The van der Waals surface area contributed by atoms with E-state index in [1.54, 1.807) is 30.9 Å². The van der Waals surface area contributed by atoms with Crippen LogP contribution in [0.25, 0.3) is 60.9 Å². The molecule has 0 saturated carbocycles. The zero-order valence-corrected chi connectivity index (χ0v) is 25.6. The van der Waals surface area contributed by atoms with Crippen LogP contribution < -0.4 is 4.90 Å². The second-order valence-electron chi connectivity index (χ2n) is 11.8. The summed E-state index contributed by atoms with van der Waals surface area (Å²) in [5.74, 6) is -0.694. The van der Waals surface area contributed by atoms with E-state index in [1.807, 2.05) is 91.0 Å². The predicted molar refractivity (Wildman–Crippen MR) is 190 cm³/mol. The molecule has 0 saturated heterocycles. The van der Waals surface area contributed by atoms with Crippen LogP contribution in [0.3, 0.4) is 0 Å². The molecular weight excluding hydrogens is 592 g/mol. The van der Waals surface area contributed by atoms with Gasteiger partial charge in [-0.1, -0.05) is 84.9 Å². The zero-order valence-electron chi connectivity index (χ0n) is 25.6. The Balaban J connectivity index is 1.33.